The largest absolute Gasteiger partial charge is 0.330 e. The normalized spacial score (nSPS) is 22.3. The van der Waals surface area contributed by atoms with Crippen molar-refractivity contribution in [3.05, 3.63) is 29.8 Å². The quantitative estimate of drug-likeness (QED) is 0.829. The van der Waals surface area contributed by atoms with E-state index in [1.165, 1.54) is 6.92 Å². The second kappa shape index (κ2) is 6.66. The van der Waals surface area contributed by atoms with Gasteiger partial charge in [0.2, 0.25) is 5.91 Å². The maximum atomic E-state index is 12.4. The molecule has 1 saturated carbocycles. The highest BCUT2D eigenvalue weighted by Crippen LogP contribution is 2.30. The first-order valence-electron chi connectivity index (χ1n) is 7.23. The Hall–Kier alpha value is -1.68. The van der Waals surface area contributed by atoms with Gasteiger partial charge in [-0.15, -0.1) is 0 Å². The van der Waals surface area contributed by atoms with Crippen LogP contribution in [-0.4, -0.2) is 18.2 Å². The molecule has 1 aliphatic carbocycles. The summed E-state index contributed by atoms with van der Waals surface area (Å²) < 4.78 is 0. The summed E-state index contributed by atoms with van der Waals surface area (Å²) in [6.07, 6.45) is 4.18. The molecule has 0 saturated heterocycles. The zero-order valence-electron chi connectivity index (χ0n) is 11.9. The molecule has 0 aliphatic heterocycles. The van der Waals surface area contributed by atoms with Crippen molar-refractivity contribution in [2.45, 2.75) is 32.6 Å². The number of amides is 1. The Balaban J connectivity index is 2.06. The van der Waals surface area contributed by atoms with Gasteiger partial charge in [-0.3, -0.25) is 9.59 Å². The highest BCUT2D eigenvalue weighted by Gasteiger charge is 2.29. The molecule has 0 bridgehead atoms. The van der Waals surface area contributed by atoms with E-state index in [4.69, 9.17) is 5.73 Å². The number of carbonyl (C=O) groups is 2. The molecule has 1 aliphatic rings. The molecule has 1 aromatic rings. The van der Waals surface area contributed by atoms with Gasteiger partial charge in [-0.25, -0.2) is 0 Å². The highest BCUT2D eigenvalue weighted by molar-refractivity contribution is 5.97. The number of nitrogens with one attached hydrogen (secondary N) is 1. The fraction of sp³-hybridized carbons (Fsp3) is 0.500. The zero-order chi connectivity index (χ0) is 14.5. The summed E-state index contributed by atoms with van der Waals surface area (Å²) in [4.78, 5) is 23.7. The minimum atomic E-state index is -0.00488. The van der Waals surface area contributed by atoms with Crippen LogP contribution in [0.4, 0.5) is 5.69 Å². The number of carbonyl (C=O) groups excluding carboxylic acids is 2. The van der Waals surface area contributed by atoms with Gasteiger partial charge in [0.25, 0.3) is 0 Å². The topological polar surface area (TPSA) is 72.2 Å². The van der Waals surface area contributed by atoms with Crippen LogP contribution in [0.25, 0.3) is 0 Å². The molecule has 1 fully saturated rings. The smallest absolute Gasteiger partial charge is 0.227 e. The lowest BCUT2D eigenvalue weighted by atomic mass is 9.78. The van der Waals surface area contributed by atoms with E-state index in [1.807, 2.05) is 6.07 Å². The number of rotatable bonds is 4. The van der Waals surface area contributed by atoms with Crippen LogP contribution in [0.15, 0.2) is 24.3 Å². The standard InChI is InChI=1S/C16H22N2O2/c1-11(19)12-6-4-7-14(9-12)18-16(20)15-8-3-2-5-13(15)10-17/h4,6-7,9,13,15H,2-3,5,8,10,17H2,1H3,(H,18,20). The molecule has 0 spiro atoms. The third-order valence-corrected chi connectivity index (χ3v) is 4.09. The predicted molar refractivity (Wildman–Crippen MR) is 79.6 cm³/mol. The molecule has 2 unspecified atom stereocenters. The van der Waals surface area contributed by atoms with Crippen molar-refractivity contribution in [3.8, 4) is 0 Å². The van der Waals surface area contributed by atoms with Crippen molar-refractivity contribution in [2.24, 2.45) is 17.6 Å². The lowest BCUT2D eigenvalue weighted by molar-refractivity contribution is -0.122. The molecule has 2 atom stereocenters. The summed E-state index contributed by atoms with van der Waals surface area (Å²) in [6, 6.07) is 7.07. The van der Waals surface area contributed by atoms with Crippen molar-refractivity contribution in [3.63, 3.8) is 0 Å². The number of nitrogens with two attached hydrogens (primary N) is 1. The van der Waals surface area contributed by atoms with Crippen LogP contribution in [0, 0.1) is 11.8 Å². The summed E-state index contributed by atoms with van der Waals surface area (Å²) in [6.45, 7) is 2.08. The fourth-order valence-electron chi connectivity index (χ4n) is 2.89. The van der Waals surface area contributed by atoms with E-state index >= 15 is 0 Å². The first-order chi connectivity index (χ1) is 9.61. The van der Waals surface area contributed by atoms with E-state index < -0.39 is 0 Å². The van der Waals surface area contributed by atoms with Gasteiger partial charge in [0.1, 0.15) is 0 Å². The zero-order valence-corrected chi connectivity index (χ0v) is 11.9. The second-order valence-electron chi connectivity index (χ2n) is 5.51. The van der Waals surface area contributed by atoms with Gasteiger partial charge in [-0.2, -0.15) is 0 Å². The Labute approximate surface area is 119 Å². The van der Waals surface area contributed by atoms with Crippen LogP contribution in [0.2, 0.25) is 0 Å². The van der Waals surface area contributed by atoms with E-state index in [1.54, 1.807) is 18.2 Å². The number of benzene rings is 1. The van der Waals surface area contributed by atoms with Crippen molar-refractivity contribution in [2.75, 3.05) is 11.9 Å². The molecule has 0 aromatic heterocycles. The van der Waals surface area contributed by atoms with E-state index in [0.717, 1.165) is 25.7 Å². The Kier molecular flexibility index (Phi) is 4.90. The average Bonchev–Trinajstić information content (AvgIpc) is 2.47. The molecule has 2 rings (SSSR count). The number of anilines is 1. The number of Topliss-reactive ketones (excluding diaryl/α,β-unsaturated/α-hetero) is 1. The molecule has 0 radical (unpaired) electrons. The molecule has 1 amide bonds. The molecule has 4 heteroatoms. The van der Waals surface area contributed by atoms with Crippen LogP contribution in [0.5, 0.6) is 0 Å². The van der Waals surface area contributed by atoms with Crippen molar-refractivity contribution >= 4 is 17.4 Å². The first kappa shape index (κ1) is 14.7. The molecule has 20 heavy (non-hydrogen) atoms. The predicted octanol–water partition coefficient (Wildman–Crippen LogP) is 2.59. The van der Waals surface area contributed by atoms with Gasteiger partial charge in [0, 0.05) is 17.2 Å². The van der Waals surface area contributed by atoms with E-state index in [-0.39, 0.29) is 23.5 Å². The maximum absolute atomic E-state index is 12.4. The summed E-state index contributed by atoms with van der Waals surface area (Å²) in [5.74, 6) is 0.300. The molecular formula is C16H22N2O2. The Morgan fingerprint density at radius 1 is 1.30 bits per heavy atom. The molecular weight excluding hydrogens is 252 g/mol. The monoisotopic (exact) mass is 274 g/mol. The SMILES string of the molecule is CC(=O)c1cccc(NC(=O)C2CCCCC2CN)c1. The lowest BCUT2D eigenvalue weighted by Crippen LogP contribution is -2.35. The van der Waals surface area contributed by atoms with Crippen LogP contribution in [0.1, 0.15) is 43.0 Å². The van der Waals surface area contributed by atoms with Crippen LogP contribution < -0.4 is 11.1 Å². The third kappa shape index (κ3) is 3.45. The average molecular weight is 274 g/mol. The van der Waals surface area contributed by atoms with E-state index in [9.17, 15) is 9.59 Å². The van der Waals surface area contributed by atoms with Gasteiger partial charge < -0.3 is 11.1 Å². The Bertz CT molecular complexity index is 499. The van der Waals surface area contributed by atoms with Crippen molar-refractivity contribution < 1.29 is 9.59 Å². The third-order valence-electron chi connectivity index (χ3n) is 4.09. The van der Waals surface area contributed by atoms with E-state index in [0.29, 0.717) is 17.8 Å². The minimum Gasteiger partial charge on any atom is -0.330 e. The Morgan fingerprint density at radius 3 is 2.75 bits per heavy atom. The summed E-state index contributed by atoms with van der Waals surface area (Å²) >= 11 is 0. The lowest BCUT2D eigenvalue weighted by Gasteiger charge is -2.29. The number of ketones is 1. The van der Waals surface area contributed by atoms with Gasteiger partial charge in [-0.05, 0) is 44.4 Å². The van der Waals surface area contributed by atoms with Crippen LogP contribution >= 0.6 is 0 Å². The Morgan fingerprint density at radius 2 is 2.05 bits per heavy atom. The van der Waals surface area contributed by atoms with Crippen LogP contribution in [0.3, 0.4) is 0 Å². The molecule has 3 N–H and O–H groups in total. The van der Waals surface area contributed by atoms with Gasteiger partial charge >= 0.3 is 0 Å². The van der Waals surface area contributed by atoms with Gasteiger partial charge in [0.05, 0.1) is 0 Å². The van der Waals surface area contributed by atoms with Crippen LogP contribution in [-0.2, 0) is 4.79 Å². The van der Waals surface area contributed by atoms with Gasteiger partial charge in [-0.1, -0.05) is 25.0 Å². The first-order valence-corrected chi connectivity index (χ1v) is 7.23. The number of hydrogen-bond acceptors (Lipinski definition) is 3. The molecule has 0 heterocycles. The van der Waals surface area contributed by atoms with Crippen molar-refractivity contribution in [1.82, 2.24) is 0 Å². The molecule has 4 nitrogen and oxygen atoms in total. The minimum absolute atomic E-state index is 0.00130. The summed E-state index contributed by atoms with van der Waals surface area (Å²) in [7, 11) is 0. The van der Waals surface area contributed by atoms with E-state index in [2.05, 4.69) is 5.32 Å². The maximum Gasteiger partial charge on any atom is 0.227 e. The van der Waals surface area contributed by atoms with Crippen molar-refractivity contribution in [1.29, 1.82) is 0 Å². The molecule has 1 aromatic carbocycles. The summed E-state index contributed by atoms with van der Waals surface area (Å²) in [5.41, 5.74) is 7.06. The highest BCUT2D eigenvalue weighted by atomic mass is 16.2. The summed E-state index contributed by atoms with van der Waals surface area (Å²) in [5, 5.41) is 2.92. The number of hydrogen-bond donors (Lipinski definition) is 2. The molecule has 108 valence electrons. The second-order valence-corrected chi connectivity index (χ2v) is 5.51. The fourth-order valence-corrected chi connectivity index (χ4v) is 2.89. The van der Waals surface area contributed by atoms with Gasteiger partial charge in [0.15, 0.2) is 5.78 Å².